The van der Waals surface area contributed by atoms with Gasteiger partial charge in [-0.05, 0) is 61.1 Å². The van der Waals surface area contributed by atoms with E-state index in [0.717, 1.165) is 10.9 Å². The standard InChI is InChI=1S/C33H43N7O9S/c1-18(41)29(33(48)49)40-31(46)25(11-12-50-2)39-32(47)26(14-20-15-35-24-6-4-3-5-22(20)24)38-28(44)17-36-27(43)16-37-30(45)23(34)13-19-7-9-21(42)10-8-19/h3-10,15,18,23,25-26,29,35,41-42H,11-14,16-17,34H2,1-2H3,(H,36,43)(H,37,45)(H,38,44)(H,39,47)(H,40,46)(H,48,49)/t18-,23+,25+,26+,29+/m1/s1. The van der Waals surface area contributed by atoms with Crippen molar-refractivity contribution < 1.29 is 44.1 Å². The van der Waals surface area contributed by atoms with Gasteiger partial charge in [-0.1, -0.05) is 30.3 Å². The number of carboxylic acid groups (broad SMARTS) is 1. The molecule has 0 fully saturated rings. The number of thioether (sulfide) groups is 1. The highest BCUT2D eigenvalue weighted by atomic mass is 32.2. The van der Waals surface area contributed by atoms with Crippen molar-refractivity contribution in [2.45, 2.75) is 56.5 Å². The van der Waals surface area contributed by atoms with Crippen molar-refractivity contribution in [2.75, 3.05) is 25.1 Å². The molecule has 0 saturated heterocycles. The Morgan fingerprint density at radius 1 is 0.840 bits per heavy atom. The Bertz CT molecular complexity index is 1650. The minimum atomic E-state index is -1.61. The summed E-state index contributed by atoms with van der Waals surface area (Å²) in [7, 11) is 0. The number of aliphatic hydroxyl groups is 1. The van der Waals surface area contributed by atoms with Gasteiger partial charge >= 0.3 is 5.97 Å². The molecule has 1 aromatic heterocycles. The zero-order chi connectivity index (χ0) is 36.8. The van der Waals surface area contributed by atoms with Gasteiger partial charge in [0.25, 0.3) is 0 Å². The average molecular weight is 714 g/mol. The highest BCUT2D eigenvalue weighted by Crippen LogP contribution is 2.19. The summed E-state index contributed by atoms with van der Waals surface area (Å²) in [4.78, 5) is 79.2. The number of amides is 5. The first-order valence-corrected chi connectivity index (χ1v) is 17.1. The number of aliphatic hydroxyl groups excluding tert-OH is 1. The monoisotopic (exact) mass is 713 g/mol. The maximum Gasteiger partial charge on any atom is 0.328 e. The molecule has 0 aliphatic heterocycles. The van der Waals surface area contributed by atoms with Crippen LogP contribution in [0.3, 0.4) is 0 Å². The summed E-state index contributed by atoms with van der Waals surface area (Å²) in [6.45, 7) is 0.199. The summed E-state index contributed by atoms with van der Waals surface area (Å²) in [5, 5.41) is 41.7. The molecule has 5 amide bonds. The summed E-state index contributed by atoms with van der Waals surface area (Å²) in [5.41, 5.74) is 8.11. The molecule has 0 saturated carbocycles. The van der Waals surface area contributed by atoms with E-state index in [0.29, 0.717) is 16.9 Å². The fourth-order valence-electron chi connectivity index (χ4n) is 4.91. The number of carboxylic acids is 1. The number of phenolic OH excluding ortho intramolecular Hbond substituents is 1. The van der Waals surface area contributed by atoms with Gasteiger partial charge in [-0.2, -0.15) is 11.8 Å². The highest BCUT2D eigenvalue weighted by Gasteiger charge is 2.31. The number of hydrogen-bond acceptors (Lipinski definition) is 10. The van der Waals surface area contributed by atoms with Gasteiger partial charge in [0.1, 0.15) is 17.8 Å². The number of aromatic amines is 1. The molecule has 0 aliphatic rings. The van der Waals surface area contributed by atoms with Crippen LogP contribution in [0.1, 0.15) is 24.5 Å². The second-order valence-corrected chi connectivity index (χ2v) is 12.5. The quantitative estimate of drug-likeness (QED) is 0.0712. The fraction of sp³-hybridized carbons (Fsp3) is 0.394. The molecule has 3 rings (SSSR count). The number of rotatable bonds is 19. The highest BCUT2D eigenvalue weighted by molar-refractivity contribution is 7.98. The maximum absolute atomic E-state index is 13.7. The predicted molar refractivity (Wildman–Crippen MR) is 186 cm³/mol. The van der Waals surface area contributed by atoms with Gasteiger partial charge in [0.05, 0.1) is 25.2 Å². The first kappa shape index (κ1) is 39.3. The number of carbonyl (C=O) groups excluding carboxylic acids is 5. The van der Waals surface area contributed by atoms with Crippen molar-refractivity contribution in [2.24, 2.45) is 5.73 Å². The van der Waals surface area contributed by atoms with Crippen molar-refractivity contribution in [1.29, 1.82) is 0 Å². The number of para-hydroxylation sites is 1. The molecule has 3 aromatic rings. The smallest absolute Gasteiger partial charge is 0.328 e. The lowest BCUT2D eigenvalue weighted by Crippen LogP contribution is -2.58. The van der Waals surface area contributed by atoms with E-state index >= 15 is 0 Å². The zero-order valence-corrected chi connectivity index (χ0v) is 28.4. The number of nitrogens with one attached hydrogen (secondary N) is 6. The minimum Gasteiger partial charge on any atom is -0.508 e. The number of benzene rings is 2. The van der Waals surface area contributed by atoms with Gasteiger partial charge in [-0.25, -0.2) is 4.79 Å². The molecular formula is C33H43N7O9S. The summed E-state index contributed by atoms with van der Waals surface area (Å²) < 4.78 is 0. The van der Waals surface area contributed by atoms with Crippen molar-refractivity contribution in [3.8, 4) is 5.75 Å². The fourth-order valence-corrected chi connectivity index (χ4v) is 5.38. The van der Waals surface area contributed by atoms with Crippen LogP contribution in [0.4, 0.5) is 0 Å². The van der Waals surface area contributed by atoms with E-state index in [2.05, 4.69) is 31.6 Å². The van der Waals surface area contributed by atoms with Crippen molar-refractivity contribution in [3.63, 3.8) is 0 Å². The van der Waals surface area contributed by atoms with Gasteiger partial charge in [0.2, 0.25) is 29.5 Å². The van der Waals surface area contributed by atoms with E-state index in [-0.39, 0.29) is 25.0 Å². The second kappa shape index (κ2) is 19.2. The molecule has 16 nitrogen and oxygen atoms in total. The lowest BCUT2D eigenvalue weighted by atomic mass is 10.0. The summed E-state index contributed by atoms with van der Waals surface area (Å²) in [5.74, 6) is -4.55. The van der Waals surface area contributed by atoms with E-state index < -0.39 is 78.9 Å². The Balaban J connectivity index is 1.65. The third kappa shape index (κ3) is 12.1. The summed E-state index contributed by atoms with van der Waals surface area (Å²) in [6.07, 6.45) is 2.35. The van der Waals surface area contributed by atoms with Crippen LogP contribution in [0.25, 0.3) is 10.9 Å². The molecule has 0 radical (unpaired) electrons. The van der Waals surface area contributed by atoms with Crippen LogP contribution in [0.15, 0.2) is 54.7 Å². The molecule has 17 heteroatoms. The summed E-state index contributed by atoms with van der Waals surface area (Å²) in [6, 6.07) is 8.47. The molecule has 50 heavy (non-hydrogen) atoms. The molecule has 11 N–H and O–H groups in total. The Morgan fingerprint density at radius 2 is 1.50 bits per heavy atom. The van der Waals surface area contributed by atoms with E-state index in [9.17, 15) is 44.1 Å². The number of nitrogens with two attached hydrogens (primary N) is 1. The molecule has 1 heterocycles. The molecular weight excluding hydrogens is 670 g/mol. The molecule has 0 spiro atoms. The van der Waals surface area contributed by atoms with Crippen LogP contribution >= 0.6 is 11.8 Å². The van der Waals surface area contributed by atoms with E-state index in [1.54, 1.807) is 24.6 Å². The van der Waals surface area contributed by atoms with Gasteiger partial charge in [-0.15, -0.1) is 0 Å². The number of phenols is 1. The van der Waals surface area contributed by atoms with Crippen LogP contribution in [-0.4, -0.2) is 111 Å². The number of H-pyrrole nitrogens is 1. The number of aliphatic carboxylic acids is 1. The summed E-state index contributed by atoms with van der Waals surface area (Å²) >= 11 is 1.39. The van der Waals surface area contributed by atoms with Crippen LogP contribution in [0, 0.1) is 0 Å². The van der Waals surface area contributed by atoms with Gasteiger partial charge in [0, 0.05) is 23.5 Å². The number of fused-ring (bicyclic) bond motifs is 1. The van der Waals surface area contributed by atoms with Crippen molar-refractivity contribution in [3.05, 3.63) is 65.9 Å². The molecule has 5 atom stereocenters. The first-order valence-electron chi connectivity index (χ1n) is 15.7. The second-order valence-electron chi connectivity index (χ2n) is 11.6. The molecule has 0 unspecified atom stereocenters. The maximum atomic E-state index is 13.7. The topological polar surface area (TPSA) is 265 Å². The van der Waals surface area contributed by atoms with Crippen LogP contribution in [0.2, 0.25) is 0 Å². The van der Waals surface area contributed by atoms with Gasteiger partial charge < -0.3 is 52.6 Å². The molecule has 0 aliphatic carbocycles. The largest absolute Gasteiger partial charge is 0.508 e. The predicted octanol–water partition coefficient (Wildman–Crippen LogP) is -1.11. The molecule has 0 bridgehead atoms. The van der Waals surface area contributed by atoms with Crippen LogP contribution in [-0.2, 0) is 41.6 Å². The Morgan fingerprint density at radius 3 is 2.16 bits per heavy atom. The number of aromatic nitrogens is 1. The van der Waals surface area contributed by atoms with E-state index in [4.69, 9.17) is 5.73 Å². The average Bonchev–Trinajstić information content (AvgIpc) is 3.49. The molecule has 270 valence electrons. The van der Waals surface area contributed by atoms with Gasteiger partial charge in [0.15, 0.2) is 6.04 Å². The van der Waals surface area contributed by atoms with Crippen molar-refractivity contribution in [1.82, 2.24) is 31.6 Å². The van der Waals surface area contributed by atoms with Gasteiger partial charge in [-0.3, -0.25) is 24.0 Å². The Kier molecular flexibility index (Phi) is 15.1. The number of aromatic hydroxyl groups is 1. The normalized spacial score (nSPS) is 14.0. The third-order valence-electron chi connectivity index (χ3n) is 7.64. The van der Waals surface area contributed by atoms with E-state index in [1.165, 1.54) is 30.8 Å². The Hall–Kier alpha value is -5.13. The minimum absolute atomic E-state index is 0.00714. The van der Waals surface area contributed by atoms with Crippen molar-refractivity contribution >= 4 is 58.2 Å². The SMILES string of the molecule is CSCC[C@H](NC(=O)[C@H](Cc1c[nH]c2ccccc12)NC(=O)CNC(=O)CNC(=O)[C@@H](N)Cc1ccc(O)cc1)C(=O)N[C@H](C(=O)O)[C@@H](C)O. The van der Waals surface area contributed by atoms with Crippen LogP contribution < -0.4 is 32.3 Å². The third-order valence-corrected chi connectivity index (χ3v) is 8.28. The zero-order valence-electron chi connectivity index (χ0n) is 27.6. The lowest BCUT2D eigenvalue weighted by Gasteiger charge is -2.25. The Labute approximate surface area is 292 Å². The van der Waals surface area contributed by atoms with E-state index in [1.807, 2.05) is 24.3 Å². The number of carbonyl (C=O) groups is 6. The first-order chi connectivity index (χ1) is 23.8. The van der Waals surface area contributed by atoms with Crippen LogP contribution in [0.5, 0.6) is 5.75 Å². The lowest BCUT2D eigenvalue weighted by molar-refractivity contribution is -0.145. The molecule has 2 aromatic carbocycles. The number of hydrogen-bond donors (Lipinski definition) is 10.